The first-order valence-corrected chi connectivity index (χ1v) is 7.28. The smallest absolute Gasteiger partial charge is 0.312 e. The van der Waals surface area contributed by atoms with E-state index in [9.17, 15) is 15.2 Å². The Morgan fingerprint density at radius 1 is 1.22 bits per heavy atom. The molecule has 23 heavy (non-hydrogen) atoms. The lowest BCUT2D eigenvalue weighted by Crippen LogP contribution is -1.97. The number of phenols is 1. The number of hydrogen-bond acceptors (Lipinski definition) is 6. The lowest BCUT2D eigenvalue weighted by molar-refractivity contribution is -0.385. The molecule has 0 unspecified atom stereocenters. The van der Waals surface area contributed by atoms with E-state index in [1.807, 2.05) is 0 Å². The van der Waals surface area contributed by atoms with Crippen LogP contribution in [-0.4, -0.2) is 21.2 Å². The third-order valence-electron chi connectivity index (χ3n) is 2.54. The van der Waals surface area contributed by atoms with Gasteiger partial charge >= 0.3 is 5.69 Å². The number of aromatic hydroxyl groups is 1. The number of hydrazone groups is 1. The third kappa shape index (κ3) is 4.14. The van der Waals surface area contributed by atoms with Crippen molar-refractivity contribution < 1.29 is 10.0 Å². The van der Waals surface area contributed by atoms with Crippen molar-refractivity contribution in [1.82, 2.24) is 4.98 Å². The van der Waals surface area contributed by atoms with Gasteiger partial charge < -0.3 is 5.11 Å². The van der Waals surface area contributed by atoms with E-state index in [-0.39, 0.29) is 31.6 Å². The number of hydrogen-bond donors (Lipinski definition) is 2. The Hall–Kier alpha value is -1.80. The molecule has 11 heteroatoms. The maximum absolute atomic E-state index is 10.8. The summed E-state index contributed by atoms with van der Waals surface area (Å²) in [5, 5.41) is 24.8. The lowest BCUT2D eigenvalue weighted by atomic mass is 10.2. The van der Waals surface area contributed by atoms with Gasteiger partial charge in [0, 0.05) is 16.7 Å². The molecule has 1 aromatic heterocycles. The Kier molecular flexibility index (Phi) is 5.48. The van der Waals surface area contributed by atoms with Gasteiger partial charge in [-0.05, 0) is 12.1 Å². The van der Waals surface area contributed by atoms with E-state index in [1.165, 1.54) is 12.1 Å². The van der Waals surface area contributed by atoms with Crippen LogP contribution in [0.4, 0.5) is 11.5 Å². The minimum absolute atomic E-state index is 0.0232. The second kappa shape index (κ2) is 7.18. The van der Waals surface area contributed by atoms with Crippen molar-refractivity contribution in [2.75, 3.05) is 5.43 Å². The number of aromatic nitrogens is 1. The van der Waals surface area contributed by atoms with E-state index in [0.717, 1.165) is 12.3 Å². The topological polar surface area (TPSA) is 101 Å². The normalized spacial score (nSPS) is 11.0. The summed E-state index contributed by atoms with van der Waals surface area (Å²) in [5.74, 6) is -0.452. The first-order valence-electron chi connectivity index (χ1n) is 5.77. The summed E-state index contributed by atoms with van der Waals surface area (Å²) < 4.78 is 0. The number of nitrogens with one attached hydrogen (secondary N) is 1. The summed E-state index contributed by atoms with van der Waals surface area (Å²) in [7, 11) is 0. The predicted molar refractivity (Wildman–Crippen MR) is 90.3 cm³/mol. The number of rotatable bonds is 4. The van der Waals surface area contributed by atoms with Gasteiger partial charge in [0.2, 0.25) is 5.75 Å². The van der Waals surface area contributed by atoms with Gasteiger partial charge in [0.05, 0.1) is 21.2 Å². The molecule has 0 atom stereocenters. The van der Waals surface area contributed by atoms with E-state index in [1.54, 1.807) is 0 Å². The van der Waals surface area contributed by atoms with Gasteiger partial charge in [-0.3, -0.25) is 15.5 Å². The van der Waals surface area contributed by atoms with E-state index < -0.39 is 16.4 Å². The molecule has 1 heterocycles. The number of halogens is 4. The maximum atomic E-state index is 10.8. The second-order valence-corrected chi connectivity index (χ2v) is 5.69. The number of nitro groups is 1. The van der Waals surface area contributed by atoms with Crippen LogP contribution in [0.2, 0.25) is 20.2 Å². The van der Waals surface area contributed by atoms with Crippen molar-refractivity contribution in [2.24, 2.45) is 5.10 Å². The van der Waals surface area contributed by atoms with Gasteiger partial charge in [-0.25, -0.2) is 4.98 Å². The molecular weight excluding hydrogens is 390 g/mol. The van der Waals surface area contributed by atoms with Crippen LogP contribution in [0.15, 0.2) is 23.3 Å². The van der Waals surface area contributed by atoms with E-state index >= 15 is 0 Å². The fourth-order valence-corrected chi connectivity index (χ4v) is 2.29. The maximum Gasteiger partial charge on any atom is 0.312 e. The molecule has 0 aliphatic heterocycles. The van der Waals surface area contributed by atoms with Crippen molar-refractivity contribution in [2.45, 2.75) is 0 Å². The van der Waals surface area contributed by atoms with Gasteiger partial charge in [0.1, 0.15) is 5.15 Å². The number of pyridine rings is 1. The fraction of sp³-hybridized carbons (Fsp3) is 0. The molecule has 0 aliphatic carbocycles. The number of benzene rings is 1. The molecule has 0 spiro atoms. The van der Waals surface area contributed by atoms with Crippen molar-refractivity contribution >= 4 is 64.1 Å². The van der Waals surface area contributed by atoms with Crippen LogP contribution in [0, 0.1) is 10.1 Å². The Balaban J connectivity index is 2.28. The zero-order chi connectivity index (χ0) is 17.1. The Labute approximate surface area is 149 Å². The molecule has 0 aliphatic rings. The van der Waals surface area contributed by atoms with Gasteiger partial charge in [-0.2, -0.15) is 5.10 Å². The molecule has 0 saturated carbocycles. The van der Waals surface area contributed by atoms with Crippen molar-refractivity contribution in [3.05, 3.63) is 54.1 Å². The molecule has 2 N–H and O–H groups in total. The molecule has 7 nitrogen and oxygen atoms in total. The van der Waals surface area contributed by atoms with Crippen LogP contribution in [-0.2, 0) is 0 Å². The molecule has 0 fully saturated rings. The Bertz CT molecular complexity index is 813. The summed E-state index contributed by atoms with van der Waals surface area (Å²) in [6, 6.07) is 3.70. The van der Waals surface area contributed by atoms with Gasteiger partial charge in [0.25, 0.3) is 0 Å². The molecular formula is C12H6Cl4N4O3. The summed E-state index contributed by atoms with van der Waals surface area (Å²) >= 11 is 23.2. The highest BCUT2D eigenvalue weighted by Crippen LogP contribution is 2.32. The van der Waals surface area contributed by atoms with E-state index in [4.69, 9.17) is 46.4 Å². The Morgan fingerprint density at radius 3 is 2.57 bits per heavy atom. The molecule has 0 radical (unpaired) electrons. The van der Waals surface area contributed by atoms with Crippen LogP contribution in [0.25, 0.3) is 0 Å². The number of nitro benzene ring substituents is 1. The second-order valence-electron chi connectivity index (χ2n) is 4.08. The van der Waals surface area contributed by atoms with Crippen LogP contribution in [0.3, 0.4) is 0 Å². The molecule has 2 aromatic rings. The van der Waals surface area contributed by atoms with Crippen molar-refractivity contribution in [1.29, 1.82) is 0 Å². The summed E-state index contributed by atoms with van der Waals surface area (Å²) in [4.78, 5) is 13.9. The van der Waals surface area contributed by atoms with Crippen molar-refractivity contribution in [3.63, 3.8) is 0 Å². The van der Waals surface area contributed by atoms with Crippen LogP contribution in [0.1, 0.15) is 5.56 Å². The molecule has 2 rings (SSSR count). The quantitative estimate of drug-likeness (QED) is 0.336. The van der Waals surface area contributed by atoms with Gasteiger partial charge in [-0.1, -0.05) is 46.4 Å². The van der Waals surface area contributed by atoms with E-state index in [2.05, 4.69) is 15.5 Å². The largest absolute Gasteiger partial charge is 0.502 e. The minimum Gasteiger partial charge on any atom is -0.502 e. The van der Waals surface area contributed by atoms with Gasteiger partial charge in [0.15, 0.2) is 5.82 Å². The summed E-state index contributed by atoms with van der Waals surface area (Å²) in [6.07, 6.45) is 1.12. The van der Waals surface area contributed by atoms with Crippen LogP contribution in [0.5, 0.6) is 5.75 Å². The zero-order valence-electron chi connectivity index (χ0n) is 10.9. The number of nitrogens with zero attached hydrogens (tertiary/aromatic N) is 3. The molecule has 1 aromatic carbocycles. The highest BCUT2D eigenvalue weighted by molar-refractivity contribution is 6.42. The monoisotopic (exact) mass is 394 g/mol. The minimum atomic E-state index is -0.761. The fourth-order valence-electron chi connectivity index (χ4n) is 1.53. The zero-order valence-corrected chi connectivity index (χ0v) is 14.0. The van der Waals surface area contributed by atoms with Crippen LogP contribution >= 0.6 is 46.4 Å². The highest BCUT2D eigenvalue weighted by Gasteiger charge is 2.17. The third-order valence-corrected chi connectivity index (χ3v) is 3.72. The predicted octanol–water partition coefficient (Wildman–Crippen LogP) is 4.76. The van der Waals surface area contributed by atoms with Crippen LogP contribution < -0.4 is 5.43 Å². The lowest BCUT2D eigenvalue weighted by Gasteiger charge is -2.05. The SMILES string of the molecule is O=[N+]([O-])c1cc(Cl)cc(C=NNc2nc(Cl)c(Cl)cc2Cl)c1O. The average Bonchev–Trinajstić information content (AvgIpc) is 2.47. The molecule has 0 amide bonds. The first kappa shape index (κ1) is 17.6. The van der Waals surface area contributed by atoms with Gasteiger partial charge in [-0.15, -0.1) is 0 Å². The standard InChI is InChI=1S/C12H6Cl4N4O3/c13-6-1-5(10(21)9(2-6)20(22)23)4-17-19-12-8(15)3-7(14)11(16)18-12/h1-4,21H,(H,18,19). The van der Waals surface area contributed by atoms with E-state index in [0.29, 0.717) is 0 Å². The summed E-state index contributed by atoms with van der Waals surface area (Å²) in [6.45, 7) is 0. The molecule has 0 bridgehead atoms. The number of anilines is 1. The number of phenolic OH excluding ortho intramolecular Hbond substituents is 1. The molecule has 120 valence electrons. The Morgan fingerprint density at radius 2 is 1.91 bits per heavy atom. The molecule has 0 saturated heterocycles. The summed E-state index contributed by atoms with van der Waals surface area (Å²) in [5.41, 5.74) is 1.98. The first-order chi connectivity index (χ1) is 10.8. The average molecular weight is 396 g/mol. The van der Waals surface area contributed by atoms with Crippen molar-refractivity contribution in [3.8, 4) is 5.75 Å². The highest BCUT2D eigenvalue weighted by atomic mass is 35.5.